The van der Waals surface area contributed by atoms with E-state index in [1.165, 1.54) is 38.1 Å². The first-order valence-electron chi connectivity index (χ1n) is 8.82. The Morgan fingerprint density at radius 3 is 2.42 bits per heavy atom. The van der Waals surface area contributed by atoms with Gasteiger partial charge in [-0.3, -0.25) is 24.6 Å². The molecular weight excluding hydrogens is 421 g/mol. The van der Waals surface area contributed by atoms with Gasteiger partial charge >= 0.3 is 0 Å². The Kier molecular flexibility index (Phi) is 7.53. The van der Waals surface area contributed by atoms with Crippen LogP contribution in [0.4, 0.5) is 30.2 Å². The van der Waals surface area contributed by atoms with Gasteiger partial charge in [0.25, 0.3) is 5.69 Å². The number of amides is 2. The van der Waals surface area contributed by atoms with Crippen molar-refractivity contribution in [3.05, 3.63) is 57.9 Å². The molecule has 0 aliphatic carbocycles. The largest absolute Gasteiger partial charge is 0.495 e. The number of non-ortho nitro benzene ring substituents is 1. The summed E-state index contributed by atoms with van der Waals surface area (Å²) in [5, 5.41) is 15.5. The van der Waals surface area contributed by atoms with Gasteiger partial charge < -0.3 is 15.4 Å². The lowest BCUT2D eigenvalue weighted by molar-refractivity contribution is -0.384. The fourth-order valence-electron chi connectivity index (χ4n) is 2.52. The van der Waals surface area contributed by atoms with Crippen LogP contribution in [0, 0.1) is 27.6 Å². The van der Waals surface area contributed by atoms with E-state index in [-0.39, 0.29) is 23.7 Å². The van der Waals surface area contributed by atoms with E-state index in [0.717, 1.165) is 12.1 Å². The molecule has 2 rings (SSSR count). The van der Waals surface area contributed by atoms with Crippen LogP contribution < -0.4 is 15.4 Å². The van der Waals surface area contributed by atoms with Gasteiger partial charge in [-0.25, -0.2) is 13.2 Å². The highest BCUT2D eigenvalue weighted by atomic mass is 19.2. The topological polar surface area (TPSA) is 114 Å². The highest BCUT2D eigenvalue weighted by molar-refractivity contribution is 5.97. The SMILES string of the molecule is COc1ccc([N+](=O)[O-])cc1NC(=O)[C@H](C)N(C)CC(=O)Nc1ccc(F)c(F)c1F. The Labute approximate surface area is 174 Å². The van der Waals surface area contributed by atoms with Crippen LogP contribution in [0.2, 0.25) is 0 Å². The molecule has 0 spiro atoms. The van der Waals surface area contributed by atoms with Crippen LogP contribution in [0.25, 0.3) is 0 Å². The minimum absolute atomic E-state index is 0.0651. The van der Waals surface area contributed by atoms with E-state index in [1.54, 1.807) is 0 Å². The summed E-state index contributed by atoms with van der Waals surface area (Å²) in [7, 11) is 2.75. The minimum atomic E-state index is -1.72. The average molecular weight is 440 g/mol. The molecule has 12 heteroatoms. The number of methoxy groups -OCH3 is 1. The van der Waals surface area contributed by atoms with E-state index < -0.39 is 45.9 Å². The molecule has 0 bridgehead atoms. The first-order chi connectivity index (χ1) is 14.5. The average Bonchev–Trinajstić information content (AvgIpc) is 2.73. The number of carbonyl (C=O) groups excluding carboxylic acids is 2. The zero-order chi connectivity index (χ0) is 23.3. The third-order valence-electron chi connectivity index (χ3n) is 4.39. The standard InChI is InChI=1S/C19H19F3N4O5/c1-10(19(28)24-14-8-11(26(29)30)4-7-15(14)31-3)25(2)9-16(27)23-13-6-5-12(20)17(21)18(13)22/h4-8,10H,9H2,1-3H3,(H,23,27)(H,24,28)/t10-/m0/s1. The second-order valence-electron chi connectivity index (χ2n) is 6.49. The summed E-state index contributed by atoms with van der Waals surface area (Å²) >= 11 is 0. The van der Waals surface area contributed by atoms with Crippen molar-refractivity contribution in [3.63, 3.8) is 0 Å². The van der Waals surface area contributed by atoms with Crippen molar-refractivity contribution in [1.82, 2.24) is 4.90 Å². The lowest BCUT2D eigenvalue weighted by atomic mass is 10.2. The monoisotopic (exact) mass is 440 g/mol. The smallest absolute Gasteiger partial charge is 0.271 e. The van der Waals surface area contributed by atoms with Crippen molar-refractivity contribution in [1.29, 1.82) is 0 Å². The number of benzene rings is 2. The van der Waals surface area contributed by atoms with Crippen LogP contribution in [0.15, 0.2) is 30.3 Å². The summed E-state index contributed by atoms with van der Waals surface area (Å²) in [6, 6.07) is 4.31. The molecule has 0 unspecified atom stereocenters. The molecule has 0 aliphatic heterocycles. The predicted octanol–water partition coefficient (Wildman–Crippen LogP) is 2.92. The normalized spacial score (nSPS) is 11.7. The molecule has 9 nitrogen and oxygen atoms in total. The van der Waals surface area contributed by atoms with Crippen molar-refractivity contribution >= 4 is 28.9 Å². The fraction of sp³-hybridized carbons (Fsp3) is 0.263. The van der Waals surface area contributed by atoms with Gasteiger partial charge in [0, 0.05) is 12.1 Å². The maximum absolute atomic E-state index is 13.7. The Bertz CT molecular complexity index is 1020. The third kappa shape index (κ3) is 5.69. The minimum Gasteiger partial charge on any atom is -0.495 e. The lowest BCUT2D eigenvalue weighted by Crippen LogP contribution is -2.43. The molecule has 166 valence electrons. The summed E-state index contributed by atoms with van der Waals surface area (Å²) in [6.07, 6.45) is 0. The third-order valence-corrected chi connectivity index (χ3v) is 4.39. The van der Waals surface area contributed by atoms with Crippen LogP contribution in [-0.2, 0) is 9.59 Å². The number of nitro groups is 1. The van der Waals surface area contributed by atoms with Crippen LogP contribution in [0.5, 0.6) is 5.75 Å². The molecule has 0 saturated heterocycles. The van der Waals surface area contributed by atoms with Gasteiger partial charge in [0.1, 0.15) is 5.75 Å². The van der Waals surface area contributed by atoms with E-state index in [0.29, 0.717) is 6.07 Å². The van der Waals surface area contributed by atoms with E-state index >= 15 is 0 Å². The van der Waals surface area contributed by atoms with Gasteiger partial charge in [-0.2, -0.15) is 0 Å². The summed E-state index contributed by atoms with van der Waals surface area (Å²) in [5.41, 5.74) is -0.740. The first kappa shape index (κ1) is 23.6. The molecule has 0 aliphatic rings. The number of halogens is 3. The molecule has 0 heterocycles. The van der Waals surface area contributed by atoms with Crippen LogP contribution in [-0.4, -0.2) is 48.4 Å². The zero-order valence-electron chi connectivity index (χ0n) is 16.7. The molecule has 0 radical (unpaired) electrons. The van der Waals surface area contributed by atoms with Gasteiger partial charge in [-0.05, 0) is 32.2 Å². The Morgan fingerprint density at radius 2 is 1.81 bits per heavy atom. The second-order valence-corrected chi connectivity index (χ2v) is 6.49. The van der Waals surface area contributed by atoms with Gasteiger partial charge in [0.15, 0.2) is 17.5 Å². The summed E-state index contributed by atoms with van der Waals surface area (Å²) in [5.74, 6) is -5.84. The van der Waals surface area contributed by atoms with E-state index in [1.807, 2.05) is 0 Å². The Morgan fingerprint density at radius 1 is 1.13 bits per heavy atom. The van der Waals surface area contributed by atoms with Crippen molar-refractivity contribution in [2.45, 2.75) is 13.0 Å². The summed E-state index contributed by atoms with van der Waals surface area (Å²) in [4.78, 5) is 36.2. The number of rotatable bonds is 8. The van der Waals surface area contributed by atoms with E-state index in [9.17, 15) is 32.9 Å². The van der Waals surface area contributed by atoms with Gasteiger partial charge in [0.2, 0.25) is 11.8 Å². The highest BCUT2D eigenvalue weighted by Crippen LogP contribution is 2.29. The first-order valence-corrected chi connectivity index (χ1v) is 8.82. The molecule has 2 amide bonds. The summed E-state index contributed by atoms with van der Waals surface area (Å²) < 4.78 is 45.0. The Balaban J connectivity index is 2.04. The Hall–Kier alpha value is -3.67. The highest BCUT2D eigenvalue weighted by Gasteiger charge is 2.23. The number of anilines is 2. The molecule has 2 aromatic carbocycles. The second kappa shape index (κ2) is 9.89. The number of likely N-dealkylation sites (N-methyl/N-ethyl adjacent to an activating group) is 1. The molecule has 0 aromatic heterocycles. The van der Waals surface area contributed by atoms with Crippen LogP contribution in [0.3, 0.4) is 0 Å². The zero-order valence-corrected chi connectivity index (χ0v) is 16.7. The summed E-state index contributed by atoms with van der Waals surface area (Å²) in [6.45, 7) is 1.07. The maximum Gasteiger partial charge on any atom is 0.271 e. The number of carbonyl (C=O) groups is 2. The fourth-order valence-corrected chi connectivity index (χ4v) is 2.52. The number of nitrogens with one attached hydrogen (secondary N) is 2. The molecule has 0 fully saturated rings. The molecule has 2 N–H and O–H groups in total. The van der Waals surface area contributed by atoms with Crippen molar-refractivity contribution in [2.24, 2.45) is 0 Å². The molecule has 2 aromatic rings. The van der Waals surface area contributed by atoms with E-state index in [4.69, 9.17) is 4.74 Å². The quantitative estimate of drug-likeness (QED) is 0.371. The molecular formula is C19H19F3N4O5. The van der Waals surface area contributed by atoms with Crippen molar-refractivity contribution < 1.29 is 32.4 Å². The van der Waals surface area contributed by atoms with Crippen molar-refractivity contribution in [3.8, 4) is 5.75 Å². The number of nitro benzene ring substituents is 1. The number of ether oxygens (including phenoxy) is 1. The van der Waals surface area contributed by atoms with Crippen LogP contribution in [0.1, 0.15) is 6.92 Å². The molecule has 1 atom stereocenters. The van der Waals surface area contributed by atoms with Gasteiger partial charge in [-0.1, -0.05) is 0 Å². The van der Waals surface area contributed by atoms with Gasteiger partial charge in [-0.15, -0.1) is 0 Å². The van der Waals surface area contributed by atoms with Crippen molar-refractivity contribution in [2.75, 3.05) is 31.3 Å². The predicted molar refractivity (Wildman–Crippen MR) is 105 cm³/mol. The van der Waals surface area contributed by atoms with Crippen LogP contribution >= 0.6 is 0 Å². The molecule has 31 heavy (non-hydrogen) atoms. The maximum atomic E-state index is 13.7. The van der Waals surface area contributed by atoms with Gasteiger partial charge in [0.05, 0.1) is 36.0 Å². The number of nitrogens with zero attached hydrogens (tertiary/aromatic N) is 2. The molecule has 0 saturated carbocycles. The number of hydrogen-bond acceptors (Lipinski definition) is 6. The number of hydrogen-bond donors (Lipinski definition) is 2. The van der Waals surface area contributed by atoms with E-state index in [2.05, 4.69) is 10.6 Å². The lowest BCUT2D eigenvalue weighted by Gasteiger charge is -2.23.